The molecule has 1 amide bonds. The Labute approximate surface area is 175 Å². The highest BCUT2D eigenvalue weighted by Crippen LogP contribution is 2.25. The van der Waals surface area contributed by atoms with Gasteiger partial charge in [0.2, 0.25) is 10.0 Å². The van der Waals surface area contributed by atoms with E-state index in [0.717, 1.165) is 50.7 Å². The van der Waals surface area contributed by atoms with Crippen molar-refractivity contribution in [3.8, 4) is 0 Å². The molecule has 8 heteroatoms. The molecule has 0 spiro atoms. The van der Waals surface area contributed by atoms with Gasteiger partial charge < -0.3 is 5.32 Å². The van der Waals surface area contributed by atoms with Crippen LogP contribution in [-0.2, 0) is 10.0 Å². The largest absolute Gasteiger partial charge is 0.322 e. The average molecular weight is 439 g/mol. The highest BCUT2D eigenvalue weighted by atomic mass is 35.5. The van der Waals surface area contributed by atoms with Crippen molar-refractivity contribution in [2.45, 2.75) is 56.4 Å². The minimum atomic E-state index is -3.85. The Morgan fingerprint density at radius 2 is 1.79 bits per heavy atom. The Balaban J connectivity index is 1.83. The van der Waals surface area contributed by atoms with E-state index in [0.29, 0.717) is 16.3 Å². The SMILES string of the molecule is Cc1c(Cl)cccc1NC(=O)c1cc(S(=O)(=O)NC2CCCCCC2)ccc1F. The maximum absolute atomic E-state index is 14.3. The Hall–Kier alpha value is -1.96. The number of carbonyl (C=O) groups excluding carboxylic acids is 1. The summed E-state index contributed by atoms with van der Waals surface area (Å²) in [5.74, 6) is -1.53. The third kappa shape index (κ3) is 5.35. The topological polar surface area (TPSA) is 75.3 Å². The quantitative estimate of drug-likeness (QED) is 0.642. The Bertz CT molecular complexity index is 1000. The molecular weight excluding hydrogens is 415 g/mol. The van der Waals surface area contributed by atoms with E-state index in [4.69, 9.17) is 11.6 Å². The molecule has 1 aliphatic rings. The van der Waals surface area contributed by atoms with E-state index in [-0.39, 0.29) is 16.5 Å². The maximum atomic E-state index is 14.3. The average Bonchev–Trinajstić information content (AvgIpc) is 2.93. The van der Waals surface area contributed by atoms with Crippen molar-refractivity contribution in [1.29, 1.82) is 0 Å². The first-order valence-corrected chi connectivity index (χ1v) is 11.5. The highest BCUT2D eigenvalue weighted by Gasteiger charge is 2.24. The van der Waals surface area contributed by atoms with Crippen LogP contribution in [0, 0.1) is 12.7 Å². The molecule has 5 nitrogen and oxygen atoms in total. The molecule has 2 aromatic carbocycles. The zero-order valence-corrected chi connectivity index (χ0v) is 17.7. The van der Waals surface area contributed by atoms with Crippen LogP contribution in [0.4, 0.5) is 10.1 Å². The molecule has 2 aromatic rings. The second kappa shape index (κ2) is 9.24. The van der Waals surface area contributed by atoms with Crippen LogP contribution in [0.5, 0.6) is 0 Å². The van der Waals surface area contributed by atoms with Crippen LogP contribution in [0.1, 0.15) is 54.4 Å². The molecule has 156 valence electrons. The number of sulfonamides is 1. The molecule has 3 rings (SSSR count). The number of hydrogen-bond acceptors (Lipinski definition) is 3. The van der Waals surface area contributed by atoms with Gasteiger partial charge >= 0.3 is 0 Å². The fraction of sp³-hybridized carbons (Fsp3) is 0.381. The molecule has 1 aliphatic carbocycles. The monoisotopic (exact) mass is 438 g/mol. The van der Waals surface area contributed by atoms with E-state index < -0.39 is 21.7 Å². The fourth-order valence-electron chi connectivity index (χ4n) is 3.46. The van der Waals surface area contributed by atoms with Gasteiger partial charge in [0.1, 0.15) is 5.82 Å². The highest BCUT2D eigenvalue weighted by molar-refractivity contribution is 7.89. The second-order valence-corrected chi connectivity index (χ2v) is 9.44. The second-order valence-electron chi connectivity index (χ2n) is 7.32. The van der Waals surface area contributed by atoms with Gasteiger partial charge in [0.25, 0.3) is 5.91 Å². The Morgan fingerprint density at radius 3 is 2.48 bits per heavy atom. The molecule has 0 atom stereocenters. The lowest BCUT2D eigenvalue weighted by Gasteiger charge is -2.17. The lowest BCUT2D eigenvalue weighted by Crippen LogP contribution is -2.34. The normalized spacial score (nSPS) is 15.7. The zero-order chi connectivity index (χ0) is 21.0. The smallest absolute Gasteiger partial charge is 0.258 e. The van der Waals surface area contributed by atoms with Gasteiger partial charge in [-0.3, -0.25) is 4.79 Å². The van der Waals surface area contributed by atoms with Gasteiger partial charge in [-0.15, -0.1) is 0 Å². The lowest BCUT2D eigenvalue weighted by molar-refractivity contribution is 0.102. The summed E-state index contributed by atoms with van der Waals surface area (Å²) in [6, 6.07) is 8.10. The van der Waals surface area contributed by atoms with Crippen molar-refractivity contribution in [2.75, 3.05) is 5.32 Å². The number of anilines is 1. The van der Waals surface area contributed by atoms with Gasteiger partial charge in [0, 0.05) is 16.8 Å². The molecule has 2 N–H and O–H groups in total. The molecule has 0 bridgehead atoms. The summed E-state index contributed by atoms with van der Waals surface area (Å²) in [6.07, 6.45) is 5.71. The summed E-state index contributed by atoms with van der Waals surface area (Å²) in [6.45, 7) is 1.73. The third-order valence-electron chi connectivity index (χ3n) is 5.19. The molecule has 1 fully saturated rings. The molecule has 29 heavy (non-hydrogen) atoms. The number of hydrogen-bond donors (Lipinski definition) is 2. The first kappa shape index (κ1) is 21.7. The van der Waals surface area contributed by atoms with Crippen molar-refractivity contribution in [3.05, 3.63) is 58.4 Å². The van der Waals surface area contributed by atoms with E-state index in [2.05, 4.69) is 10.0 Å². The van der Waals surface area contributed by atoms with Crippen LogP contribution < -0.4 is 10.0 Å². The van der Waals surface area contributed by atoms with Crippen molar-refractivity contribution >= 4 is 33.2 Å². The van der Waals surface area contributed by atoms with Gasteiger partial charge in [-0.25, -0.2) is 17.5 Å². The first-order chi connectivity index (χ1) is 13.8. The summed E-state index contributed by atoms with van der Waals surface area (Å²) in [4.78, 5) is 12.5. The van der Waals surface area contributed by atoms with Crippen LogP contribution >= 0.6 is 11.6 Å². The van der Waals surface area contributed by atoms with Crippen LogP contribution in [0.3, 0.4) is 0 Å². The lowest BCUT2D eigenvalue weighted by atomic mass is 10.1. The summed E-state index contributed by atoms with van der Waals surface area (Å²) in [7, 11) is -3.85. The molecule has 0 radical (unpaired) electrons. The van der Waals surface area contributed by atoms with Crippen LogP contribution in [-0.4, -0.2) is 20.4 Å². The van der Waals surface area contributed by atoms with Gasteiger partial charge in [-0.05, 0) is 55.7 Å². The number of benzene rings is 2. The minimum absolute atomic E-state index is 0.129. The van der Waals surface area contributed by atoms with Crippen molar-refractivity contribution in [1.82, 2.24) is 4.72 Å². The van der Waals surface area contributed by atoms with E-state index >= 15 is 0 Å². The van der Waals surface area contributed by atoms with Gasteiger partial charge in [0.15, 0.2) is 0 Å². The number of halogens is 2. The molecule has 0 unspecified atom stereocenters. The number of carbonyl (C=O) groups is 1. The van der Waals surface area contributed by atoms with Gasteiger partial charge in [0.05, 0.1) is 10.5 Å². The molecule has 0 heterocycles. The summed E-state index contributed by atoms with van der Waals surface area (Å²) in [5.41, 5.74) is 0.738. The predicted octanol–water partition coefficient (Wildman–Crippen LogP) is 5.04. The van der Waals surface area contributed by atoms with Crippen LogP contribution in [0.25, 0.3) is 0 Å². The van der Waals surface area contributed by atoms with E-state index in [1.54, 1.807) is 25.1 Å². The van der Waals surface area contributed by atoms with Crippen LogP contribution in [0.2, 0.25) is 5.02 Å². The summed E-state index contributed by atoms with van der Waals surface area (Å²) < 4.78 is 42.6. The van der Waals surface area contributed by atoms with Gasteiger partial charge in [-0.1, -0.05) is 43.4 Å². The molecule has 0 aromatic heterocycles. The van der Waals surface area contributed by atoms with Crippen molar-refractivity contribution in [2.24, 2.45) is 0 Å². The summed E-state index contributed by atoms with van der Waals surface area (Å²) >= 11 is 6.05. The first-order valence-electron chi connectivity index (χ1n) is 9.66. The maximum Gasteiger partial charge on any atom is 0.258 e. The molecular formula is C21H24ClFN2O3S. The molecule has 1 saturated carbocycles. The van der Waals surface area contributed by atoms with E-state index in [9.17, 15) is 17.6 Å². The minimum Gasteiger partial charge on any atom is -0.322 e. The van der Waals surface area contributed by atoms with Crippen LogP contribution in [0.15, 0.2) is 41.3 Å². The molecule has 0 saturated heterocycles. The van der Waals surface area contributed by atoms with Gasteiger partial charge in [-0.2, -0.15) is 0 Å². The molecule has 0 aliphatic heterocycles. The Kier molecular flexibility index (Phi) is 6.93. The fourth-order valence-corrected chi connectivity index (χ4v) is 4.97. The van der Waals surface area contributed by atoms with Crippen molar-refractivity contribution in [3.63, 3.8) is 0 Å². The standard InChI is InChI=1S/C21H24ClFN2O3S/c1-14-18(22)9-6-10-20(14)24-21(26)17-13-16(11-12-19(17)23)29(27,28)25-15-7-4-2-3-5-8-15/h6,9-13,15,25H,2-5,7-8H2,1H3,(H,24,26). The van der Waals surface area contributed by atoms with Crippen molar-refractivity contribution < 1.29 is 17.6 Å². The zero-order valence-electron chi connectivity index (χ0n) is 16.2. The number of amides is 1. The summed E-state index contributed by atoms with van der Waals surface area (Å²) in [5, 5.41) is 3.06. The number of nitrogens with one attached hydrogen (secondary N) is 2. The Morgan fingerprint density at radius 1 is 1.10 bits per heavy atom. The number of rotatable bonds is 5. The van der Waals surface area contributed by atoms with E-state index in [1.807, 2.05) is 0 Å². The predicted molar refractivity (Wildman–Crippen MR) is 112 cm³/mol. The van der Waals surface area contributed by atoms with E-state index in [1.165, 1.54) is 6.07 Å². The third-order valence-corrected chi connectivity index (χ3v) is 7.11.